The molecule has 1 heterocycles. The first-order valence-corrected chi connectivity index (χ1v) is 8.45. The van der Waals surface area contributed by atoms with Gasteiger partial charge in [0.15, 0.2) is 12.3 Å². The number of ether oxygens (including phenoxy) is 1. The Morgan fingerprint density at radius 2 is 2.11 bits per heavy atom. The van der Waals surface area contributed by atoms with Crippen molar-refractivity contribution in [3.05, 3.63) is 57.1 Å². The molecule has 138 valence electrons. The molecule has 27 heavy (non-hydrogen) atoms. The molecule has 3 aromatic rings. The Morgan fingerprint density at radius 1 is 1.33 bits per heavy atom. The minimum absolute atomic E-state index is 0.0213. The third-order valence-corrected chi connectivity index (χ3v) is 4.25. The summed E-state index contributed by atoms with van der Waals surface area (Å²) < 4.78 is 7.52. The Balaban J connectivity index is 1.82. The number of aryl methyl sites for hydroxylation is 1. The first-order valence-electron chi connectivity index (χ1n) is 7.65. The molecule has 0 bridgehead atoms. The number of carbonyl (C=O) groups is 1. The van der Waals surface area contributed by atoms with Crippen molar-refractivity contribution in [3.63, 3.8) is 0 Å². The molecule has 1 N–H and O–H groups in total. The third-order valence-electron chi connectivity index (χ3n) is 3.76. The first kappa shape index (κ1) is 18.5. The fraction of sp³-hybridized carbons (Fsp3) is 0.118. The van der Waals surface area contributed by atoms with E-state index in [2.05, 4.69) is 26.2 Å². The van der Waals surface area contributed by atoms with Gasteiger partial charge in [-0.15, -0.1) is 10.2 Å². The van der Waals surface area contributed by atoms with Gasteiger partial charge in [0.05, 0.1) is 10.4 Å². The molecule has 9 nitrogen and oxygen atoms in total. The molecule has 0 spiro atoms. The monoisotopic (exact) mass is 432 g/mol. The highest BCUT2D eigenvalue weighted by molar-refractivity contribution is 9.10. The number of hydrogen-bond acceptors (Lipinski definition) is 6. The molecule has 0 saturated heterocycles. The van der Waals surface area contributed by atoms with E-state index >= 15 is 0 Å². The van der Waals surface area contributed by atoms with Gasteiger partial charge < -0.3 is 14.4 Å². The second-order valence-electron chi connectivity index (χ2n) is 5.53. The lowest BCUT2D eigenvalue weighted by molar-refractivity contribution is -0.384. The number of azo groups is 1. The van der Waals surface area contributed by atoms with Gasteiger partial charge in [0.25, 0.3) is 5.69 Å². The molecule has 0 fully saturated rings. The molecular weight excluding hydrogens is 420 g/mol. The van der Waals surface area contributed by atoms with Crippen LogP contribution in [-0.2, 0) is 11.8 Å². The van der Waals surface area contributed by atoms with Crippen LogP contribution < -0.4 is 4.74 Å². The molecule has 10 heteroatoms. The van der Waals surface area contributed by atoms with Crippen LogP contribution in [0.25, 0.3) is 10.9 Å². The Kier molecular flexibility index (Phi) is 5.17. The van der Waals surface area contributed by atoms with Crippen LogP contribution in [0.2, 0.25) is 0 Å². The molecule has 1 aromatic heterocycles. The maximum Gasteiger partial charge on any atom is 0.302 e. The maximum absolute atomic E-state index is 11.9. The van der Waals surface area contributed by atoms with E-state index in [4.69, 9.17) is 4.74 Å². The molecule has 3 rings (SSSR count). The van der Waals surface area contributed by atoms with Crippen molar-refractivity contribution >= 4 is 44.1 Å². The zero-order valence-corrected chi connectivity index (χ0v) is 15.6. The summed E-state index contributed by atoms with van der Waals surface area (Å²) in [6.07, 6.45) is 0. The second kappa shape index (κ2) is 7.54. The summed E-state index contributed by atoms with van der Waals surface area (Å²) in [5, 5.41) is 28.8. The van der Waals surface area contributed by atoms with Crippen LogP contribution in [-0.4, -0.2) is 27.1 Å². The van der Waals surface area contributed by atoms with Crippen molar-refractivity contribution in [2.75, 3.05) is 6.61 Å². The lowest BCUT2D eigenvalue weighted by Gasteiger charge is -2.02. The Bertz CT molecular complexity index is 1080. The topological polar surface area (TPSA) is 119 Å². The maximum atomic E-state index is 11.9. The third kappa shape index (κ3) is 3.95. The fourth-order valence-electron chi connectivity index (χ4n) is 2.45. The van der Waals surface area contributed by atoms with E-state index in [0.29, 0.717) is 16.7 Å². The zero-order valence-electron chi connectivity index (χ0n) is 14.0. The van der Waals surface area contributed by atoms with E-state index in [1.54, 1.807) is 25.2 Å². The molecule has 0 aliphatic heterocycles. The summed E-state index contributed by atoms with van der Waals surface area (Å²) in [6.45, 7) is -0.342. The zero-order chi connectivity index (χ0) is 19.6. The standard InChI is InChI=1S/C17H13BrN4O5/c1-21-14-6-5-11(22(25)26)8-13(14)16(17(21)24)20-19-15(23)9-27-12-4-2-3-10(18)7-12/h2-8,24H,9H2,1H3. The largest absolute Gasteiger partial charge is 0.493 e. The number of nitro groups is 1. The number of aromatic nitrogens is 1. The van der Waals surface area contributed by atoms with Crippen LogP contribution in [0.1, 0.15) is 0 Å². The predicted molar refractivity (Wildman–Crippen MR) is 100 cm³/mol. The lowest BCUT2D eigenvalue weighted by atomic mass is 10.2. The molecule has 2 aromatic carbocycles. The molecule has 0 unspecified atom stereocenters. The van der Waals surface area contributed by atoms with E-state index in [9.17, 15) is 20.0 Å². The summed E-state index contributed by atoms with van der Waals surface area (Å²) in [6, 6.07) is 11.0. The van der Waals surface area contributed by atoms with Crippen molar-refractivity contribution in [1.82, 2.24) is 4.57 Å². The minimum Gasteiger partial charge on any atom is -0.493 e. The molecular formula is C17H13BrN4O5. The molecule has 1 amide bonds. The van der Waals surface area contributed by atoms with Crippen LogP contribution in [0.15, 0.2) is 57.2 Å². The number of nitro benzene ring substituents is 1. The van der Waals surface area contributed by atoms with Gasteiger partial charge in [-0.25, -0.2) is 0 Å². The molecule has 0 aliphatic rings. The summed E-state index contributed by atoms with van der Waals surface area (Å²) in [5.41, 5.74) is 0.339. The van der Waals surface area contributed by atoms with Crippen LogP contribution in [0.3, 0.4) is 0 Å². The number of hydrogen-bond donors (Lipinski definition) is 1. The van der Waals surface area contributed by atoms with Crippen molar-refractivity contribution in [2.45, 2.75) is 0 Å². The van der Waals surface area contributed by atoms with E-state index in [1.807, 2.05) is 6.07 Å². The number of carbonyl (C=O) groups excluding carboxylic acids is 1. The first-order chi connectivity index (χ1) is 12.9. The minimum atomic E-state index is -0.670. The normalized spacial score (nSPS) is 11.2. The van der Waals surface area contributed by atoms with Gasteiger partial charge in [-0.3, -0.25) is 14.9 Å². The molecule has 0 atom stereocenters. The Labute approximate surface area is 161 Å². The average Bonchev–Trinajstić information content (AvgIpc) is 2.88. The SMILES string of the molecule is Cn1c(O)c(N=NC(=O)COc2cccc(Br)c2)c2cc([N+](=O)[O-])ccc21. The molecule has 0 aliphatic carbocycles. The number of nitrogens with zero attached hydrogens (tertiary/aromatic N) is 4. The van der Waals surface area contributed by atoms with Crippen LogP contribution >= 0.6 is 15.9 Å². The molecule has 0 radical (unpaired) electrons. The predicted octanol–water partition coefficient (Wildman–Crippen LogP) is 4.24. The van der Waals surface area contributed by atoms with E-state index in [0.717, 1.165) is 4.47 Å². The number of amides is 1. The smallest absolute Gasteiger partial charge is 0.302 e. The summed E-state index contributed by atoms with van der Waals surface area (Å²) in [7, 11) is 1.57. The number of benzene rings is 2. The number of aromatic hydroxyl groups is 1. The number of halogens is 1. The van der Waals surface area contributed by atoms with Gasteiger partial charge in [-0.1, -0.05) is 22.0 Å². The van der Waals surface area contributed by atoms with E-state index < -0.39 is 10.8 Å². The summed E-state index contributed by atoms with van der Waals surface area (Å²) in [4.78, 5) is 22.3. The average molecular weight is 433 g/mol. The van der Waals surface area contributed by atoms with Gasteiger partial charge in [0, 0.05) is 29.0 Å². The lowest BCUT2D eigenvalue weighted by Crippen LogP contribution is -2.07. The van der Waals surface area contributed by atoms with Crippen molar-refractivity contribution in [1.29, 1.82) is 0 Å². The number of fused-ring (bicyclic) bond motifs is 1. The quantitative estimate of drug-likeness (QED) is 0.367. The Morgan fingerprint density at radius 3 is 2.81 bits per heavy atom. The van der Waals surface area contributed by atoms with Crippen LogP contribution in [0.4, 0.5) is 11.4 Å². The molecule has 0 saturated carbocycles. The summed E-state index contributed by atoms with van der Waals surface area (Å²) >= 11 is 3.29. The van der Waals surface area contributed by atoms with Gasteiger partial charge >= 0.3 is 5.91 Å². The van der Waals surface area contributed by atoms with E-state index in [-0.39, 0.29) is 23.9 Å². The highest BCUT2D eigenvalue weighted by atomic mass is 79.9. The number of non-ortho nitro benzene ring substituents is 1. The van der Waals surface area contributed by atoms with Crippen LogP contribution in [0.5, 0.6) is 11.6 Å². The van der Waals surface area contributed by atoms with Gasteiger partial charge in [-0.2, -0.15) is 0 Å². The van der Waals surface area contributed by atoms with Gasteiger partial charge in [0.1, 0.15) is 5.75 Å². The van der Waals surface area contributed by atoms with Gasteiger partial charge in [0.2, 0.25) is 5.88 Å². The second-order valence-corrected chi connectivity index (χ2v) is 6.45. The highest BCUT2D eigenvalue weighted by Crippen LogP contribution is 2.39. The number of rotatable bonds is 5. The fourth-order valence-corrected chi connectivity index (χ4v) is 2.83. The van der Waals surface area contributed by atoms with Crippen molar-refractivity contribution in [3.8, 4) is 11.6 Å². The van der Waals surface area contributed by atoms with Gasteiger partial charge in [-0.05, 0) is 24.3 Å². The van der Waals surface area contributed by atoms with Crippen molar-refractivity contribution in [2.24, 2.45) is 17.3 Å². The Hall–Kier alpha value is -3.27. The van der Waals surface area contributed by atoms with Crippen LogP contribution in [0, 0.1) is 10.1 Å². The highest BCUT2D eigenvalue weighted by Gasteiger charge is 2.18. The van der Waals surface area contributed by atoms with E-state index in [1.165, 1.54) is 22.8 Å². The van der Waals surface area contributed by atoms with Crippen molar-refractivity contribution < 1.29 is 19.6 Å². The summed E-state index contributed by atoms with van der Waals surface area (Å²) in [5.74, 6) is -0.441.